The highest BCUT2D eigenvalue weighted by Crippen LogP contribution is 2.16. The molecule has 0 aromatic heterocycles. The van der Waals surface area contributed by atoms with Crippen LogP contribution in [0, 0.1) is 0 Å². The fourth-order valence-corrected chi connectivity index (χ4v) is 1.89. The van der Waals surface area contributed by atoms with Gasteiger partial charge in [-0.3, -0.25) is 14.4 Å². The van der Waals surface area contributed by atoms with E-state index in [1.54, 1.807) is 0 Å². The number of primary amides is 1. The van der Waals surface area contributed by atoms with Gasteiger partial charge < -0.3 is 11.1 Å². The quantitative estimate of drug-likeness (QED) is 0.611. The first kappa shape index (κ1) is 12.5. The molecule has 96 valence electrons. The smallest absolute Gasteiger partial charge is 0.261 e. The van der Waals surface area contributed by atoms with Gasteiger partial charge >= 0.3 is 0 Å². The Morgan fingerprint density at radius 3 is 2.83 bits per heavy atom. The zero-order valence-corrected chi connectivity index (χ0v) is 9.81. The normalized spacial score (nSPS) is 17.9. The molecule has 2 rings (SSSR count). The number of carbonyl (C=O) groups is 2. The van der Waals surface area contributed by atoms with Crippen LogP contribution in [0.3, 0.4) is 0 Å². The summed E-state index contributed by atoms with van der Waals surface area (Å²) in [6.07, 6.45) is 0.599. The molecule has 0 unspecified atom stereocenters. The van der Waals surface area contributed by atoms with Gasteiger partial charge in [0.05, 0.1) is 6.04 Å². The number of nitrogens with two attached hydrogens (primary N) is 1. The van der Waals surface area contributed by atoms with E-state index < -0.39 is 5.91 Å². The number of fused-ring (bicyclic) bond motifs is 1. The average molecular weight is 249 g/mol. The molecule has 2 amide bonds. The standard InChI is InChI=1S/C12H15N3O3/c13-11(16)7-18-15-12(17)10-5-8-3-1-2-4-9(8)6-14-10/h1-4,10,14H,5-7H2,(H2,13,16)(H,15,17)/t10-/m0/s1. The second kappa shape index (κ2) is 5.61. The largest absolute Gasteiger partial charge is 0.368 e. The molecule has 1 heterocycles. The van der Waals surface area contributed by atoms with E-state index in [0.717, 1.165) is 5.56 Å². The zero-order valence-electron chi connectivity index (χ0n) is 9.81. The first-order valence-corrected chi connectivity index (χ1v) is 5.67. The summed E-state index contributed by atoms with van der Waals surface area (Å²) in [6.45, 7) is 0.319. The molecular weight excluding hydrogens is 234 g/mol. The molecule has 1 aromatic carbocycles. The van der Waals surface area contributed by atoms with Crippen LogP contribution in [0.1, 0.15) is 11.1 Å². The van der Waals surface area contributed by atoms with Gasteiger partial charge in [0.2, 0.25) is 5.91 Å². The Labute approximate surface area is 104 Å². The topological polar surface area (TPSA) is 93.5 Å². The first-order valence-electron chi connectivity index (χ1n) is 5.67. The van der Waals surface area contributed by atoms with E-state index >= 15 is 0 Å². The lowest BCUT2D eigenvalue weighted by molar-refractivity contribution is -0.139. The van der Waals surface area contributed by atoms with Gasteiger partial charge in [0.15, 0.2) is 6.61 Å². The summed E-state index contributed by atoms with van der Waals surface area (Å²) in [7, 11) is 0. The van der Waals surface area contributed by atoms with Gasteiger partial charge in [-0.05, 0) is 17.5 Å². The van der Waals surface area contributed by atoms with Gasteiger partial charge in [-0.15, -0.1) is 0 Å². The molecule has 0 radical (unpaired) electrons. The van der Waals surface area contributed by atoms with Crippen molar-refractivity contribution in [3.63, 3.8) is 0 Å². The number of hydrogen-bond acceptors (Lipinski definition) is 4. The highest BCUT2D eigenvalue weighted by Gasteiger charge is 2.23. The van der Waals surface area contributed by atoms with Crippen LogP contribution in [0.4, 0.5) is 0 Å². The highest BCUT2D eigenvalue weighted by atomic mass is 16.7. The Hall–Kier alpha value is -1.92. The molecule has 0 bridgehead atoms. The van der Waals surface area contributed by atoms with E-state index in [1.807, 2.05) is 24.3 Å². The first-order chi connectivity index (χ1) is 8.66. The Morgan fingerprint density at radius 2 is 2.11 bits per heavy atom. The van der Waals surface area contributed by atoms with Crippen molar-refractivity contribution in [2.45, 2.75) is 19.0 Å². The van der Waals surface area contributed by atoms with Crippen LogP contribution in [0.15, 0.2) is 24.3 Å². The number of benzene rings is 1. The van der Waals surface area contributed by atoms with Crippen LogP contribution in [0.5, 0.6) is 0 Å². The molecule has 0 saturated heterocycles. The van der Waals surface area contributed by atoms with E-state index in [-0.39, 0.29) is 18.6 Å². The van der Waals surface area contributed by atoms with E-state index in [0.29, 0.717) is 13.0 Å². The molecule has 4 N–H and O–H groups in total. The maximum atomic E-state index is 11.7. The van der Waals surface area contributed by atoms with Gasteiger partial charge in [0, 0.05) is 6.54 Å². The number of rotatable bonds is 4. The maximum absolute atomic E-state index is 11.7. The number of nitrogens with one attached hydrogen (secondary N) is 2. The maximum Gasteiger partial charge on any atom is 0.261 e. The van der Waals surface area contributed by atoms with Crippen molar-refractivity contribution in [2.75, 3.05) is 6.61 Å². The van der Waals surface area contributed by atoms with Crippen molar-refractivity contribution >= 4 is 11.8 Å². The van der Waals surface area contributed by atoms with Crippen LogP contribution in [0.25, 0.3) is 0 Å². The Kier molecular flexibility index (Phi) is 3.91. The van der Waals surface area contributed by atoms with Crippen molar-refractivity contribution in [3.8, 4) is 0 Å². The number of amides is 2. The van der Waals surface area contributed by atoms with Crippen LogP contribution in [-0.4, -0.2) is 24.5 Å². The fraction of sp³-hybridized carbons (Fsp3) is 0.333. The van der Waals surface area contributed by atoms with Gasteiger partial charge in [0.1, 0.15) is 0 Å². The SMILES string of the molecule is NC(=O)CONC(=O)[C@@H]1Cc2ccccc2CN1. The van der Waals surface area contributed by atoms with E-state index in [1.165, 1.54) is 5.56 Å². The second-order valence-corrected chi connectivity index (χ2v) is 4.13. The number of carbonyl (C=O) groups excluding carboxylic acids is 2. The molecule has 1 aromatic rings. The van der Waals surface area contributed by atoms with Crippen molar-refractivity contribution in [1.29, 1.82) is 0 Å². The Morgan fingerprint density at radius 1 is 1.39 bits per heavy atom. The van der Waals surface area contributed by atoms with Crippen molar-refractivity contribution in [3.05, 3.63) is 35.4 Å². The lowest BCUT2D eigenvalue weighted by Crippen LogP contribution is -2.48. The van der Waals surface area contributed by atoms with Gasteiger partial charge in [-0.1, -0.05) is 24.3 Å². The van der Waals surface area contributed by atoms with E-state index in [2.05, 4.69) is 15.6 Å². The Balaban J connectivity index is 1.88. The van der Waals surface area contributed by atoms with Gasteiger partial charge in [-0.25, -0.2) is 5.48 Å². The summed E-state index contributed by atoms with van der Waals surface area (Å²) in [6, 6.07) is 7.59. The summed E-state index contributed by atoms with van der Waals surface area (Å²) in [4.78, 5) is 26.9. The molecular formula is C12H15N3O3. The molecule has 0 saturated carbocycles. The van der Waals surface area contributed by atoms with Gasteiger partial charge in [0.25, 0.3) is 5.91 Å². The lowest BCUT2D eigenvalue weighted by atomic mass is 9.96. The fourth-order valence-electron chi connectivity index (χ4n) is 1.89. The van der Waals surface area contributed by atoms with Gasteiger partial charge in [-0.2, -0.15) is 0 Å². The van der Waals surface area contributed by atoms with E-state index in [4.69, 9.17) is 5.73 Å². The molecule has 18 heavy (non-hydrogen) atoms. The third kappa shape index (κ3) is 3.06. The molecule has 1 atom stereocenters. The molecule has 6 nitrogen and oxygen atoms in total. The predicted molar refractivity (Wildman–Crippen MR) is 64.1 cm³/mol. The Bertz CT molecular complexity index is 462. The number of hydroxylamine groups is 1. The van der Waals surface area contributed by atoms with Crippen LogP contribution >= 0.6 is 0 Å². The highest BCUT2D eigenvalue weighted by molar-refractivity contribution is 5.82. The summed E-state index contributed by atoms with van der Waals surface area (Å²) < 4.78 is 0. The van der Waals surface area contributed by atoms with Crippen LogP contribution in [-0.2, 0) is 27.4 Å². The molecule has 1 aliphatic rings. The minimum Gasteiger partial charge on any atom is -0.368 e. The van der Waals surface area contributed by atoms with Crippen molar-refractivity contribution in [2.24, 2.45) is 5.73 Å². The monoisotopic (exact) mass is 249 g/mol. The minimum atomic E-state index is -0.628. The van der Waals surface area contributed by atoms with Crippen LogP contribution < -0.4 is 16.5 Å². The summed E-state index contributed by atoms with van der Waals surface area (Å²) in [5.74, 6) is -0.928. The summed E-state index contributed by atoms with van der Waals surface area (Å²) >= 11 is 0. The minimum absolute atomic E-state index is 0.300. The molecule has 0 spiro atoms. The van der Waals surface area contributed by atoms with Crippen molar-refractivity contribution in [1.82, 2.24) is 10.8 Å². The number of hydrogen-bond donors (Lipinski definition) is 3. The third-order valence-electron chi connectivity index (χ3n) is 2.79. The summed E-state index contributed by atoms with van der Waals surface area (Å²) in [5, 5.41) is 3.10. The molecule has 0 fully saturated rings. The van der Waals surface area contributed by atoms with Crippen molar-refractivity contribution < 1.29 is 14.4 Å². The average Bonchev–Trinajstić information content (AvgIpc) is 2.37. The molecule has 6 heteroatoms. The predicted octanol–water partition coefficient (Wildman–Crippen LogP) is -0.766. The van der Waals surface area contributed by atoms with Crippen LogP contribution in [0.2, 0.25) is 0 Å². The third-order valence-corrected chi connectivity index (χ3v) is 2.79. The lowest BCUT2D eigenvalue weighted by Gasteiger charge is -2.24. The van der Waals surface area contributed by atoms with E-state index in [9.17, 15) is 9.59 Å². The zero-order chi connectivity index (χ0) is 13.0. The summed E-state index contributed by atoms with van der Waals surface area (Å²) in [5.41, 5.74) is 9.44. The second-order valence-electron chi connectivity index (χ2n) is 4.13. The molecule has 1 aliphatic heterocycles. The molecule has 0 aliphatic carbocycles.